The van der Waals surface area contributed by atoms with Gasteiger partial charge >= 0.3 is 5.97 Å². The van der Waals surface area contributed by atoms with Crippen LogP contribution in [-0.2, 0) is 17.6 Å². The molecule has 0 saturated carbocycles. The molecule has 3 nitrogen and oxygen atoms in total. The summed E-state index contributed by atoms with van der Waals surface area (Å²) in [5.41, 5.74) is 8.92. The van der Waals surface area contributed by atoms with Crippen LogP contribution in [0.15, 0.2) is 54.6 Å². The van der Waals surface area contributed by atoms with Gasteiger partial charge in [-0.15, -0.1) is 0 Å². The highest BCUT2D eigenvalue weighted by Crippen LogP contribution is 2.12. The minimum atomic E-state index is -0.964. The highest BCUT2D eigenvalue weighted by atomic mass is 16.4. The van der Waals surface area contributed by atoms with E-state index in [0.717, 1.165) is 12.0 Å². The standard InChI is InChI=1S/C16H17NO2/c17-15(16(18)19)11-14-8-4-7-13(10-14)9-12-5-2-1-3-6-12/h1-8,10,15H,9,11,17H2,(H,18,19)/t15-/m0/s1. The number of carboxylic acids is 1. The normalized spacial score (nSPS) is 12.1. The fourth-order valence-corrected chi connectivity index (χ4v) is 2.04. The van der Waals surface area contributed by atoms with Crippen molar-refractivity contribution in [1.82, 2.24) is 0 Å². The van der Waals surface area contributed by atoms with Crippen molar-refractivity contribution < 1.29 is 9.90 Å². The molecule has 1 atom stereocenters. The summed E-state index contributed by atoms with van der Waals surface area (Å²) in [6, 6.07) is 17.3. The predicted molar refractivity (Wildman–Crippen MR) is 75.0 cm³/mol. The number of hydrogen-bond acceptors (Lipinski definition) is 2. The molecule has 0 radical (unpaired) electrons. The van der Waals surface area contributed by atoms with E-state index in [4.69, 9.17) is 10.8 Å². The molecule has 0 aliphatic rings. The molecule has 98 valence electrons. The molecule has 0 aliphatic carbocycles. The number of benzene rings is 2. The van der Waals surface area contributed by atoms with E-state index in [-0.39, 0.29) is 0 Å². The van der Waals surface area contributed by atoms with Crippen molar-refractivity contribution in [3.05, 3.63) is 71.3 Å². The maximum absolute atomic E-state index is 10.8. The van der Waals surface area contributed by atoms with Crippen LogP contribution in [0.1, 0.15) is 16.7 Å². The van der Waals surface area contributed by atoms with Crippen LogP contribution in [0.3, 0.4) is 0 Å². The summed E-state index contributed by atoms with van der Waals surface area (Å²) in [6.45, 7) is 0. The van der Waals surface area contributed by atoms with Crippen molar-refractivity contribution in [1.29, 1.82) is 0 Å². The lowest BCUT2D eigenvalue weighted by molar-refractivity contribution is -0.138. The Labute approximate surface area is 112 Å². The van der Waals surface area contributed by atoms with E-state index in [1.165, 1.54) is 11.1 Å². The molecule has 0 saturated heterocycles. The number of rotatable bonds is 5. The first-order valence-electron chi connectivity index (χ1n) is 6.25. The van der Waals surface area contributed by atoms with Crippen LogP contribution >= 0.6 is 0 Å². The van der Waals surface area contributed by atoms with Gasteiger partial charge in [0.1, 0.15) is 6.04 Å². The molecule has 0 amide bonds. The van der Waals surface area contributed by atoms with Gasteiger partial charge in [0.05, 0.1) is 0 Å². The van der Waals surface area contributed by atoms with E-state index in [1.54, 1.807) is 0 Å². The van der Waals surface area contributed by atoms with E-state index in [9.17, 15) is 4.79 Å². The van der Waals surface area contributed by atoms with Crippen LogP contribution < -0.4 is 5.73 Å². The highest BCUT2D eigenvalue weighted by molar-refractivity contribution is 5.73. The van der Waals surface area contributed by atoms with Crippen molar-refractivity contribution >= 4 is 5.97 Å². The van der Waals surface area contributed by atoms with Gasteiger partial charge in [0.25, 0.3) is 0 Å². The Balaban J connectivity index is 2.09. The van der Waals surface area contributed by atoms with E-state index in [2.05, 4.69) is 12.1 Å². The minimum absolute atomic E-state index is 0.359. The predicted octanol–water partition coefficient (Wildman–Crippen LogP) is 2.23. The SMILES string of the molecule is N[C@@H](Cc1cccc(Cc2ccccc2)c1)C(=O)O. The molecule has 0 bridgehead atoms. The average Bonchev–Trinajstić information content (AvgIpc) is 2.40. The summed E-state index contributed by atoms with van der Waals surface area (Å²) in [4.78, 5) is 10.8. The van der Waals surface area contributed by atoms with Crippen molar-refractivity contribution in [2.45, 2.75) is 18.9 Å². The van der Waals surface area contributed by atoms with Gasteiger partial charge in [-0.1, -0.05) is 54.6 Å². The zero-order chi connectivity index (χ0) is 13.7. The second-order valence-electron chi connectivity index (χ2n) is 4.63. The summed E-state index contributed by atoms with van der Waals surface area (Å²) in [5, 5.41) is 8.82. The largest absolute Gasteiger partial charge is 0.480 e. The number of aliphatic carboxylic acids is 1. The van der Waals surface area contributed by atoms with Gasteiger partial charge in [0.2, 0.25) is 0 Å². The second kappa shape index (κ2) is 6.16. The summed E-state index contributed by atoms with van der Waals surface area (Å²) in [6.07, 6.45) is 1.20. The lowest BCUT2D eigenvalue weighted by Gasteiger charge is -2.08. The second-order valence-corrected chi connectivity index (χ2v) is 4.63. The lowest BCUT2D eigenvalue weighted by Crippen LogP contribution is -2.32. The Morgan fingerprint density at radius 2 is 1.63 bits per heavy atom. The van der Waals surface area contributed by atoms with Crippen molar-refractivity contribution in [2.75, 3.05) is 0 Å². The van der Waals surface area contributed by atoms with Gasteiger partial charge in [-0.05, 0) is 29.5 Å². The van der Waals surface area contributed by atoms with E-state index >= 15 is 0 Å². The molecule has 0 aromatic heterocycles. The Morgan fingerprint density at radius 3 is 2.32 bits per heavy atom. The summed E-state index contributed by atoms with van der Waals surface area (Å²) >= 11 is 0. The van der Waals surface area contributed by atoms with E-state index in [1.807, 2.05) is 42.5 Å². The van der Waals surface area contributed by atoms with Crippen LogP contribution in [0.25, 0.3) is 0 Å². The van der Waals surface area contributed by atoms with Crippen LogP contribution in [-0.4, -0.2) is 17.1 Å². The number of nitrogens with two attached hydrogens (primary N) is 1. The van der Waals surface area contributed by atoms with Crippen molar-refractivity contribution in [3.63, 3.8) is 0 Å². The summed E-state index contributed by atoms with van der Waals surface area (Å²) in [7, 11) is 0. The molecule has 0 unspecified atom stereocenters. The third-order valence-corrected chi connectivity index (χ3v) is 3.02. The Kier molecular flexibility index (Phi) is 4.31. The monoisotopic (exact) mass is 255 g/mol. The number of carbonyl (C=O) groups is 1. The molecule has 0 heterocycles. The van der Waals surface area contributed by atoms with Gasteiger partial charge in [0, 0.05) is 0 Å². The van der Waals surface area contributed by atoms with Crippen molar-refractivity contribution in [3.8, 4) is 0 Å². The quantitative estimate of drug-likeness (QED) is 0.861. The summed E-state index contributed by atoms with van der Waals surface area (Å²) in [5.74, 6) is -0.964. The first-order valence-corrected chi connectivity index (χ1v) is 6.25. The Bertz CT molecular complexity index is 552. The third kappa shape index (κ3) is 3.93. The van der Waals surface area contributed by atoms with Gasteiger partial charge in [-0.25, -0.2) is 0 Å². The molecule has 19 heavy (non-hydrogen) atoms. The minimum Gasteiger partial charge on any atom is -0.480 e. The number of carboxylic acid groups (broad SMARTS) is 1. The Morgan fingerprint density at radius 1 is 1.00 bits per heavy atom. The number of hydrogen-bond donors (Lipinski definition) is 2. The maximum atomic E-state index is 10.8. The highest BCUT2D eigenvalue weighted by Gasteiger charge is 2.12. The fraction of sp³-hybridized carbons (Fsp3) is 0.188. The zero-order valence-corrected chi connectivity index (χ0v) is 10.6. The molecule has 0 aliphatic heterocycles. The molecule has 2 rings (SSSR count). The maximum Gasteiger partial charge on any atom is 0.320 e. The van der Waals surface area contributed by atoms with Crippen LogP contribution in [0.4, 0.5) is 0 Å². The summed E-state index contributed by atoms with van der Waals surface area (Å²) < 4.78 is 0. The van der Waals surface area contributed by atoms with Gasteiger partial charge in [0.15, 0.2) is 0 Å². The van der Waals surface area contributed by atoms with Crippen LogP contribution in [0.2, 0.25) is 0 Å². The van der Waals surface area contributed by atoms with Gasteiger partial charge < -0.3 is 10.8 Å². The molecule has 3 heteroatoms. The molecule has 0 fully saturated rings. The Hall–Kier alpha value is -2.13. The smallest absolute Gasteiger partial charge is 0.320 e. The van der Waals surface area contributed by atoms with Crippen LogP contribution in [0, 0.1) is 0 Å². The van der Waals surface area contributed by atoms with E-state index < -0.39 is 12.0 Å². The molecule has 2 aromatic rings. The van der Waals surface area contributed by atoms with E-state index in [0.29, 0.717) is 6.42 Å². The van der Waals surface area contributed by atoms with Crippen molar-refractivity contribution in [2.24, 2.45) is 5.73 Å². The molecule has 2 aromatic carbocycles. The first-order chi connectivity index (χ1) is 9.15. The average molecular weight is 255 g/mol. The topological polar surface area (TPSA) is 63.3 Å². The van der Waals surface area contributed by atoms with Crippen LogP contribution in [0.5, 0.6) is 0 Å². The lowest BCUT2D eigenvalue weighted by atomic mass is 10.00. The molecule has 0 spiro atoms. The fourth-order valence-electron chi connectivity index (χ4n) is 2.04. The first kappa shape index (κ1) is 13.3. The molecule has 3 N–H and O–H groups in total. The molecular weight excluding hydrogens is 238 g/mol. The van der Waals surface area contributed by atoms with Gasteiger partial charge in [-0.2, -0.15) is 0 Å². The van der Waals surface area contributed by atoms with Gasteiger partial charge in [-0.3, -0.25) is 4.79 Å². The third-order valence-electron chi connectivity index (χ3n) is 3.02. The zero-order valence-electron chi connectivity index (χ0n) is 10.6. The molecular formula is C16H17NO2.